The SMILES string of the molecule is CCCCCCCC/C=C\CCCCCCCCOC(=O)CCc1ccc(O)c(O)c1. The molecule has 4 nitrogen and oxygen atoms in total. The Kier molecular flexibility index (Phi) is 16.4. The third-order valence-electron chi connectivity index (χ3n) is 5.58. The lowest BCUT2D eigenvalue weighted by atomic mass is 10.1. The summed E-state index contributed by atoms with van der Waals surface area (Å²) in [6.07, 6.45) is 23.2. The molecule has 0 spiro atoms. The average Bonchev–Trinajstić information content (AvgIpc) is 2.76. The molecular weight excluding hydrogens is 388 g/mol. The molecule has 0 unspecified atom stereocenters. The Labute approximate surface area is 189 Å². The Balaban J connectivity index is 1.85. The van der Waals surface area contributed by atoms with Crippen molar-refractivity contribution >= 4 is 5.97 Å². The number of unbranched alkanes of at least 4 members (excludes halogenated alkanes) is 12. The molecule has 0 saturated heterocycles. The van der Waals surface area contributed by atoms with Gasteiger partial charge >= 0.3 is 5.97 Å². The van der Waals surface area contributed by atoms with Crippen molar-refractivity contribution in [1.82, 2.24) is 0 Å². The van der Waals surface area contributed by atoms with Crippen LogP contribution in [0.3, 0.4) is 0 Å². The molecule has 0 bridgehead atoms. The van der Waals surface area contributed by atoms with E-state index >= 15 is 0 Å². The summed E-state index contributed by atoms with van der Waals surface area (Å²) in [4.78, 5) is 11.8. The van der Waals surface area contributed by atoms with Crippen LogP contribution < -0.4 is 0 Å². The number of hydrogen-bond acceptors (Lipinski definition) is 4. The minimum atomic E-state index is -0.208. The van der Waals surface area contributed by atoms with E-state index in [0.717, 1.165) is 18.4 Å². The molecular formula is C27H44O4. The highest BCUT2D eigenvalue weighted by atomic mass is 16.5. The zero-order valence-electron chi connectivity index (χ0n) is 19.6. The topological polar surface area (TPSA) is 66.8 Å². The summed E-state index contributed by atoms with van der Waals surface area (Å²) in [5.41, 5.74) is 0.810. The highest BCUT2D eigenvalue weighted by Crippen LogP contribution is 2.25. The van der Waals surface area contributed by atoms with E-state index in [9.17, 15) is 15.0 Å². The van der Waals surface area contributed by atoms with E-state index in [1.54, 1.807) is 6.07 Å². The van der Waals surface area contributed by atoms with E-state index in [-0.39, 0.29) is 23.9 Å². The minimum absolute atomic E-state index is 0.147. The fourth-order valence-electron chi connectivity index (χ4n) is 3.58. The van der Waals surface area contributed by atoms with Crippen molar-refractivity contribution in [2.75, 3.05) is 6.61 Å². The van der Waals surface area contributed by atoms with Gasteiger partial charge in [-0.1, -0.05) is 82.9 Å². The van der Waals surface area contributed by atoms with Crippen LogP contribution >= 0.6 is 0 Å². The molecule has 0 radical (unpaired) electrons. The molecule has 31 heavy (non-hydrogen) atoms. The molecule has 0 atom stereocenters. The van der Waals surface area contributed by atoms with Gasteiger partial charge in [-0.3, -0.25) is 4.79 Å². The first-order valence-electron chi connectivity index (χ1n) is 12.4. The number of ether oxygens (including phenoxy) is 1. The van der Waals surface area contributed by atoms with Crippen LogP contribution in [0.4, 0.5) is 0 Å². The molecule has 0 saturated carbocycles. The predicted molar refractivity (Wildman–Crippen MR) is 129 cm³/mol. The molecule has 0 aliphatic carbocycles. The quantitative estimate of drug-likeness (QED) is 0.102. The molecule has 0 aliphatic rings. The van der Waals surface area contributed by atoms with E-state index in [1.165, 1.54) is 89.2 Å². The van der Waals surface area contributed by atoms with Crippen molar-refractivity contribution in [3.63, 3.8) is 0 Å². The first kappa shape index (κ1) is 27.1. The van der Waals surface area contributed by atoms with Gasteiger partial charge in [-0.15, -0.1) is 0 Å². The molecule has 1 rings (SSSR count). The van der Waals surface area contributed by atoms with Crippen LogP contribution in [0, 0.1) is 0 Å². The van der Waals surface area contributed by atoms with Gasteiger partial charge in [0.1, 0.15) is 0 Å². The summed E-state index contributed by atoms with van der Waals surface area (Å²) in [7, 11) is 0. The molecule has 4 heteroatoms. The van der Waals surface area contributed by atoms with Gasteiger partial charge in [0.05, 0.1) is 6.61 Å². The Morgan fingerprint density at radius 2 is 1.39 bits per heavy atom. The van der Waals surface area contributed by atoms with Crippen LogP contribution in [0.1, 0.15) is 109 Å². The maximum absolute atomic E-state index is 11.8. The number of carbonyl (C=O) groups excluding carboxylic acids is 1. The molecule has 176 valence electrons. The summed E-state index contributed by atoms with van der Waals surface area (Å²) >= 11 is 0. The smallest absolute Gasteiger partial charge is 0.306 e. The number of allylic oxidation sites excluding steroid dienone is 2. The van der Waals surface area contributed by atoms with Gasteiger partial charge in [0.15, 0.2) is 11.5 Å². The maximum Gasteiger partial charge on any atom is 0.306 e. The molecule has 0 amide bonds. The van der Waals surface area contributed by atoms with Crippen molar-refractivity contribution in [3.05, 3.63) is 35.9 Å². The second-order valence-corrected chi connectivity index (χ2v) is 8.48. The second-order valence-electron chi connectivity index (χ2n) is 8.48. The number of esters is 1. The number of aromatic hydroxyl groups is 2. The highest BCUT2D eigenvalue weighted by molar-refractivity contribution is 5.69. The van der Waals surface area contributed by atoms with Crippen LogP contribution in [0.25, 0.3) is 0 Å². The van der Waals surface area contributed by atoms with E-state index in [0.29, 0.717) is 13.0 Å². The van der Waals surface area contributed by atoms with Crippen molar-refractivity contribution in [1.29, 1.82) is 0 Å². The molecule has 1 aromatic rings. The van der Waals surface area contributed by atoms with Gasteiger partial charge in [-0.2, -0.15) is 0 Å². The predicted octanol–water partition coefficient (Wildman–Crippen LogP) is 7.61. The highest BCUT2D eigenvalue weighted by Gasteiger charge is 2.06. The monoisotopic (exact) mass is 432 g/mol. The second kappa shape index (κ2) is 18.8. The van der Waals surface area contributed by atoms with Crippen molar-refractivity contribution < 1.29 is 19.7 Å². The largest absolute Gasteiger partial charge is 0.504 e. The van der Waals surface area contributed by atoms with Crippen molar-refractivity contribution in [3.8, 4) is 11.5 Å². The summed E-state index contributed by atoms with van der Waals surface area (Å²) in [6.45, 7) is 2.75. The van der Waals surface area contributed by atoms with E-state index in [1.807, 2.05) is 0 Å². The number of hydrogen-bond donors (Lipinski definition) is 2. The molecule has 0 heterocycles. The van der Waals surface area contributed by atoms with Gasteiger partial charge < -0.3 is 14.9 Å². The van der Waals surface area contributed by atoms with E-state index in [2.05, 4.69) is 19.1 Å². The minimum Gasteiger partial charge on any atom is -0.504 e. The fourth-order valence-corrected chi connectivity index (χ4v) is 3.58. The molecule has 2 N–H and O–H groups in total. The van der Waals surface area contributed by atoms with Gasteiger partial charge in [0.2, 0.25) is 0 Å². The molecule has 0 aromatic heterocycles. The standard InChI is InChI=1S/C27H44O4/c1-2-3-4-5-6-7-8-9-10-11-12-13-14-15-16-17-22-31-27(30)21-19-24-18-20-25(28)26(29)23-24/h9-10,18,20,23,28-29H,2-8,11-17,19,21-22H2,1H3/b10-9-. The Hall–Kier alpha value is -1.97. The Bertz CT molecular complexity index is 609. The summed E-state index contributed by atoms with van der Waals surface area (Å²) in [5.74, 6) is -0.512. The number of phenols is 2. The molecule has 1 aromatic carbocycles. The fraction of sp³-hybridized carbons (Fsp3) is 0.667. The van der Waals surface area contributed by atoms with Gasteiger partial charge in [-0.25, -0.2) is 0 Å². The van der Waals surface area contributed by atoms with Gasteiger partial charge in [0, 0.05) is 6.42 Å². The molecule has 0 fully saturated rings. The van der Waals surface area contributed by atoms with Crippen molar-refractivity contribution in [2.24, 2.45) is 0 Å². The number of benzene rings is 1. The van der Waals surface area contributed by atoms with E-state index < -0.39 is 0 Å². The lowest BCUT2D eigenvalue weighted by Crippen LogP contribution is -2.07. The van der Waals surface area contributed by atoms with Crippen molar-refractivity contribution in [2.45, 2.75) is 110 Å². The first-order valence-corrected chi connectivity index (χ1v) is 12.4. The number of rotatable bonds is 19. The number of aryl methyl sites for hydroxylation is 1. The van der Waals surface area contributed by atoms with Gasteiger partial charge in [-0.05, 0) is 56.2 Å². The Morgan fingerprint density at radius 3 is 2.00 bits per heavy atom. The Morgan fingerprint density at radius 1 is 0.806 bits per heavy atom. The summed E-state index contributed by atoms with van der Waals surface area (Å²) in [6, 6.07) is 4.62. The van der Waals surface area contributed by atoms with E-state index in [4.69, 9.17) is 4.74 Å². The summed E-state index contributed by atoms with van der Waals surface area (Å²) < 4.78 is 5.28. The summed E-state index contributed by atoms with van der Waals surface area (Å²) in [5, 5.41) is 18.8. The van der Waals surface area contributed by atoms with Crippen LogP contribution in [-0.4, -0.2) is 22.8 Å². The van der Waals surface area contributed by atoms with Crippen LogP contribution in [0.5, 0.6) is 11.5 Å². The lowest BCUT2D eigenvalue weighted by molar-refractivity contribution is -0.143. The third kappa shape index (κ3) is 15.5. The van der Waals surface area contributed by atoms with Crippen LogP contribution in [-0.2, 0) is 16.0 Å². The zero-order valence-corrected chi connectivity index (χ0v) is 19.6. The zero-order chi connectivity index (χ0) is 22.6. The maximum atomic E-state index is 11.8. The molecule has 0 aliphatic heterocycles. The third-order valence-corrected chi connectivity index (χ3v) is 5.58. The van der Waals surface area contributed by atoms with Gasteiger partial charge in [0.25, 0.3) is 0 Å². The van der Waals surface area contributed by atoms with Crippen LogP contribution in [0.2, 0.25) is 0 Å². The number of carbonyl (C=O) groups is 1. The normalized spacial score (nSPS) is 11.3. The van der Waals surface area contributed by atoms with Crippen LogP contribution in [0.15, 0.2) is 30.4 Å². The number of phenolic OH excluding ortho intramolecular Hbond substituents is 2. The average molecular weight is 433 g/mol. The first-order chi connectivity index (χ1) is 15.1. The lowest BCUT2D eigenvalue weighted by Gasteiger charge is -2.06.